The first kappa shape index (κ1) is 24.8. The minimum atomic E-state index is 0. The lowest BCUT2D eigenvalue weighted by Gasteiger charge is -2.10. The summed E-state index contributed by atoms with van der Waals surface area (Å²) in [5.41, 5.74) is 4.70. The summed E-state index contributed by atoms with van der Waals surface area (Å²) in [5.74, 6) is 3.34. The van der Waals surface area contributed by atoms with Gasteiger partial charge in [-0.3, -0.25) is 4.98 Å². The van der Waals surface area contributed by atoms with Crippen LogP contribution in [0.3, 0.4) is 0 Å². The van der Waals surface area contributed by atoms with Gasteiger partial charge < -0.3 is 18.9 Å². The van der Waals surface area contributed by atoms with Gasteiger partial charge >= 0.3 is 0 Å². The van der Waals surface area contributed by atoms with Gasteiger partial charge in [-0.15, -0.1) is 0 Å². The maximum atomic E-state index is 5.20. The lowest BCUT2D eigenvalue weighted by Crippen LogP contribution is -1.93. The highest BCUT2D eigenvalue weighted by Gasteiger charge is 2.11. The lowest BCUT2D eigenvalue weighted by atomic mass is 10.1. The van der Waals surface area contributed by atoms with Crippen LogP contribution in [0.1, 0.15) is 29.7 Å². The van der Waals surface area contributed by atoms with Crippen molar-refractivity contribution in [2.45, 2.75) is 35.1 Å². The highest BCUT2D eigenvalue weighted by Crippen LogP contribution is 2.32. The van der Waals surface area contributed by atoms with Crippen molar-refractivity contribution in [3.05, 3.63) is 77.1 Å². The van der Waals surface area contributed by atoms with E-state index in [1.165, 1.54) is 16.7 Å². The number of pyridine rings is 1. The molecule has 0 fully saturated rings. The average molecular weight is 412 g/mol. The van der Waals surface area contributed by atoms with E-state index in [-0.39, 0.29) is 7.43 Å². The van der Waals surface area contributed by atoms with Gasteiger partial charge in [0.25, 0.3) is 0 Å². The van der Waals surface area contributed by atoms with Crippen molar-refractivity contribution < 1.29 is 18.9 Å². The third kappa shape index (κ3) is 7.32. The first-order valence-electron chi connectivity index (χ1n) is 9.36. The normalized spacial score (nSPS) is 10.5. The molecule has 1 aliphatic heterocycles. The molecular formula is C25H33NO4. The molecule has 0 aliphatic carbocycles. The van der Waals surface area contributed by atoms with E-state index in [0.29, 0.717) is 6.79 Å². The molecule has 0 atom stereocenters. The maximum absolute atomic E-state index is 5.20. The molecule has 0 unspecified atom stereocenters. The predicted octanol–water partition coefficient (Wildman–Crippen LogP) is 6.07. The van der Waals surface area contributed by atoms with E-state index in [2.05, 4.69) is 11.1 Å². The molecule has 5 nitrogen and oxygen atoms in total. The van der Waals surface area contributed by atoms with Gasteiger partial charge in [-0.2, -0.15) is 0 Å². The van der Waals surface area contributed by atoms with Gasteiger partial charge in [0, 0.05) is 12.4 Å². The lowest BCUT2D eigenvalue weighted by molar-refractivity contribution is 0.174. The molecule has 0 spiro atoms. The smallest absolute Gasteiger partial charge is 0.231 e. The molecular weight excluding hydrogens is 378 g/mol. The zero-order chi connectivity index (χ0) is 21.2. The first-order valence-corrected chi connectivity index (χ1v) is 9.36. The number of hydrogen-bond acceptors (Lipinski definition) is 5. The van der Waals surface area contributed by atoms with Gasteiger partial charge in [-0.05, 0) is 74.2 Å². The van der Waals surface area contributed by atoms with Crippen LogP contribution in [0.2, 0.25) is 0 Å². The number of fused-ring (bicyclic) bond motifs is 1. The van der Waals surface area contributed by atoms with Crippen molar-refractivity contribution in [3.63, 3.8) is 0 Å². The summed E-state index contributed by atoms with van der Waals surface area (Å²) < 4.78 is 20.7. The Hall–Kier alpha value is -3.21. The Bertz CT molecular complexity index is 911. The van der Waals surface area contributed by atoms with Gasteiger partial charge in [-0.1, -0.05) is 25.6 Å². The predicted molar refractivity (Wildman–Crippen MR) is 122 cm³/mol. The van der Waals surface area contributed by atoms with Crippen LogP contribution < -0.4 is 18.9 Å². The Morgan fingerprint density at radius 1 is 0.800 bits per heavy atom. The first-order chi connectivity index (χ1) is 13.9. The van der Waals surface area contributed by atoms with Crippen LogP contribution in [0.5, 0.6) is 23.0 Å². The number of rotatable bonds is 2. The van der Waals surface area contributed by atoms with E-state index in [4.69, 9.17) is 18.9 Å². The van der Waals surface area contributed by atoms with E-state index >= 15 is 0 Å². The molecule has 0 saturated heterocycles. The zero-order valence-electron chi connectivity index (χ0n) is 18.0. The number of aryl methyl sites for hydroxylation is 4. The standard InChI is InChI=1S/C10H14O2.C8H8O2.C6H7N.CH4/c1-7-5-8(2)10(12-4)9(6-7)11-3;1-6-2-3-7-8(4-6)10-5-9-7;1-6-3-2-4-7-5-6;/h5-6H,1-4H3;2-4H,5H2,1H3;2-5H,1H3;1H4. The highest BCUT2D eigenvalue weighted by atomic mass is 16.7. The summed E-state index contributed by atoms with van der Waals surface area (Å²) in [6.45, 7) is 8.46. The third-order valence-electron chi connectivity index (χ3n) is 4.15. The van der Waals surface area contributed by atoms with Crippen molar-refractivity contribution in [1.82, 2.24) is 4.98 Å². The number of nitrogens with zero attached hydrogens (tertiary/aromatic N) is 1. The number of ether oxygens (including phenoxy) is 4. The summed E-state index contributed by atoms with van der Waals surface area (Å²) in [5, 5.41) is 0. The number of benzene rings is 2. The topological polar surface area (TPSA) is 49.8 Å². The van der Waals surface area contributed by atoms with Crippen molar-refractivity contribution in [2.24, 2.45) is 0 Å². The molecule has 2 heterocycles. The minimum Gasteiger partial charge on any atom is -0.493 e. The van der Waals surface area contributed by atoms with Gasteiger partial charge in [0.05, 0.1) is 14.2 Å². The second kappa shape index (κ2) is 12.4. The van der Waals surface area contributed by atoms with Crippen molar-refractivity contribution >= 4 is 0 Å². The Labute approximate surface area is 180 Å². The van der Waals surface area contributed by atoms with Crippen LogP contribution in [-0.2, 0) is 0 Å². The van der Waals surface area contributed by atoms with E-state index in [9.17, 15) is 0 Å². The molecule has 162 valence electrons. The molecule has 0 N–H and O–H groups in total. The molecule has 0 saturated carbocycles. The summed E-state index contributed by atoms with van der Waals surface area (Å²) in [4.78, 5) is 3.88. The van der Waals surface area contributed by atoms with Crippen molar-refractivity contribution in [1.29, 1.82) is 0 Å². The Balaban J connectivity index is 0.000000228. The maximum Gasteiger partial charge on any atom is 0.231 e. The van der Waals surface area contributed by atoms with Crippen LogP contribution in [0.15, 0.2) is 54.9 Å². The Morgan fingerprint density at radius 2 is 1.53 bits per heavy atom. The summed E-state index contributed by atoms with van der Waals surface area (Å²) >= 11 is 0. The molecule has 0 bridgehead atoms. The molecule has 30 heavy (non-hydrogen) atoms. The Kier molecular flexibility index (Phi) is 10.2. The monoisotopic (exact) mass is 411 g/mol. The SMILES string of the molecule is C.COc1cc(C)cc(C)c1OC.Cc1ccc2c(c1)OCO2.Cc1cccnc1. The van der Waals surface area contributed by atoms with Crippen LogP contribution in [-0.4, -0.2) is 26.0 Å². The molecule has 1 aromatic heterocycles. The third-order valence-corrected chi connectivity index (χ3v) is 4.15. The fourth-order valence-electron chi connectivity index (χ4n) is 2.78. The minimum absolute atomic E-state index is 0. The molecule has 1 aliphatic rings. The number of aromatic nitrogens is 1. The number of hydrogen-bond donors (Lipinski definition) is 0. The average Bonchev–Trinajstić information content (AvgIpc) is 3.16. The van der Waals surface area contributed by atoms with Gasteiger partial charge in [-0.25, -0.2) is 0 Å². The van der Waals surface area contributed by atoms with Gasteiger partial charge in [0.15, 0.2) is 23.0 Å². The van der Waals surface area contributed by atoms with E-state index < -0.39 is 0 Å². The highest BCUT2D eigenvalue weighted by molar-refractivity contribution is 5.48. The molecule has 0 amide bonds. The molecule has 2 aromatic carbocycles. The van der Waals surface area contributed by atoms with Crippen molar-refractivity contribution in [2.75, 3.05) is 21.0 Å². The van der Waals surface area contributed by atoms with Crippen LogP contribution in [0.25, 0.3) is 0 Å². The quantitative estimate of drug-likeness (QED) is 0.512. The van der Waals surface area contributed by atoms with E-state index in [1.807, 2.05) is 70.3 Å². The number of methoxy groups -OCH3 is 2. The second-order valence-corrected chi connectivity index (χ2v) is 6.70. The van der Waals surface area contributed by atoms with E-state index in [1.54, 1.807) is 20.4 Å². The van der Waals surface area contributed by atoms with Crippen molar-refractivity contribution in [3.8, 4) is 23.0 Å². The molecule has 4 rings (SSSR count). The van der Waals surface area contributed by atoms with Gasteiger partial charge in [0.1, 0.15) is 0 Å². The van der Waals surface area contributed by atoms with Crippen LogP contribution in [0, 0.1) is 27.7 Å². The molecule has 3 aromatic rings. The fourth-order valence-corrected chi connectivity index (χ4v) is 2.78. The second-order valence-electron chi connectivity index (χ2n) is 6.70. The van der Waals surface area contributed by atoms with Crippen LogP contribution >= 0.6 is 0 Å². The van der Waals surface area contributed by atoms with Crippen LogP contribution in [0.4, 0.5) is 0 Å². The summed E-state index contributed by atoms with van der Waals surface area (Å²) in [6, 6.07) is 13.9. The fraction of sp³-hybridized carbons (Fsp3) is 0.320. The van der Waals surface area contributed by atoms with Gasteiger partial charge in [0.2, 0.25) is 6.79 Å². The Morgan fingerprint density at radius 3 is 2.10 bits per heavy atom. The molecule has 0 radical (unpaired) electrons. The largest absolute Gasteiger partial charge is 0.493 e. The molecule has 5 heteroatoms. The zero-order valence-corrected chi connectivity index (χ0v) is 18.0. The summed E-state index contributed by atoms with van der Waals surface area (Å²) in [6.07, 6.45) is 3.60. The van der Waals surface area contributed by atoms with E-state index in [0.717, 1.165) is 28.6 Å². The summed E-state index contributed by atoms with van der Waals surface area (Å²) in [7, 11) is 3.30.